The van der Waals surface area contributed by atoms with E-state index in [1.807, 2.05) is 14.0 Å². The molecule has 2 heterocycles. The van der Waals surface area contributed by atoms with E-state index in [1.54, 1.807) is 4.68 Å². The molecule has 19 heavy (non-hydrogen) atoms. The van der Waals surface area contributed by atoms with E-state index < -0.39 is 0 Å². The summed E-state index contributed by atoms with van der Waals surface area (Å²) in [6.07, 6.45) is 3.12. The van der Waals surface area contributed by atoms with Crippen LogP contribution in [0.3, 0.4) is 0 Å². The number of aromatic nitrogens is 2. The Morgan fingerprint density at radius 1 is 1.58 bits per heavy atom. The number of nitrogens with two attached hydrogens (primary N) is 1. The molecule has 1 saturated heterocycles. The molecule has 6 nitrogen and oxygen atoms in total. The maximum atomic E-state index is 8.88. The topological polar surface area (TPSA) is 79.7 Å². The molecule has 0 spiro atoms. The van der Waals surface area contributed by atoms with E-state index in [-0.39, 0.29) is 11.9 Å². The largest absolute Gasteiger partial charge is 0.409 e. The molecular formula is C12H20ClN5O. The second-order valence-electron chi connectivity index (χ2n) is 4.99. The van der Waals surface area contributed by atoms with Crippen LogP contribution in [0.1, 0.15) is 30.5 Å². The Labute approximate surface area is 117 Å². The maximum Gasteiger partial charge on any atom is 0.156 e. The summed E-state index contributed by atoms with van der Waals surface area (Å²) in [5, 5.41) is 17.0. The number of amidine groups is 1. The lowest BCUT2D eigenvalue weighted by molar-refractivity contribution is 0.178. The maximum absolute atomic E-state index is 8.88. The molecule has 106 valence electrons. The number of halogens is 1. The van der Waals surface area contributed by atoms with Gasteiger partial charge in [-0.1, -0.05) is 23.2 Å². The number of piperidine rings is 1. The molecule has 0 amide bonds. The molecule has 1 aliphatic heterocycles. The average Bonchev–Trinajstić information content (AvgIpc) is 2.65. The third-order valence-electron chi connectivity index (χ3n) is 3.70. The lowest BCUT2D eigenvalue weighted by Gasteiger charge is -2.34. The van der Waals surface area contributed by atoms with Gasteiger partial charge in [0.2, 0.25) is 0 Å². The van der Waals surface area contributed by atoms with Gasteiger partial charge in [-0.2, -0.15) is 5.10 Å². The molecule has 0 saturated carbocycles. The molecule has 1 atom stereocenters. The number of hydrogen-bond donors (Lipinski definition) is 2. The second-order valence-corrected chi connectivity index (χ2v) is 5.34. The van der Waals surface area contributed by atoms with Crippen LogP contribution in [0.2, 0.25) is 5.15 Å². The van der Waals surface area contributed by atoms with Crippen molar-refractivity contribution in [3.63, 3.8) is 0 Å². The second kappa shape index (κ2) is 5.79. The molecule has 0 bridgehead atoms. The lowest BCUT2D eigenvalue weighted by Crippen LogP contribution is -2.47. The van der Waals surface area contributed by atoms with Crippen LogP contribution in [-0.2, 0) is 13.6 Å². The van der Waals surface area contributed by atoms with Crippen LogP contribution in [0.4, 0.5) is 0 Å². The van der Waals surface area contributed by atoms with Gasteiger partial charge in [0.05, 0.1) is 11.7 Å². The van der Waals surface area contributed by atoms with Crippen LogP contribution >= 0.6 is 11.6 Å². The van der Waals surface area contributed by atoms with E-state index in [9.17, 15) is 0 Å². The molecule has 1 aromatic heterocycles. The quantitative estimate of drug-likeness (QED) is 0.382. The molecule has 2 rings (SSSR count). The number of rotatable bonds is 3. The van der Waals surface area contributed by atoms with Gasteiger partial charge in [0.1, 0.15) is 5.15 Å². The Balaban J connectivity index is 2.20. The molecule has 1 unspecified atom stereocenters. The monoisotopic (exact) mass is 285 g/mol. The molecule has 1 fully saturated rings. The molecule has 7 heteroatoms. The van der Waals surface area contributed by atoms with E-state index in [1.165, 1.54) is 0 Å². The summed E-state index contributed by atoms with van der Waals surface area (Å²) in [4.78, 5) is 2.20. The predicted octanol–water partition coefficient (Wildman–Crippen LogP) is 1.48. The van der Waals surface area contributed by atoms with Crippen molar-refractivity contribution in [2.24, 2.45) is 17.9 Å². The van der Waals surface area contributed by atoms with Crippen molar-refractivity contribution < 1.29 is 5.21 Å². The summed E-state index contributed by atoms with van der Waals surface area (Å²) in [5.41, 5.74) is 7.72. The average molecular weight is 286 g/mol. The van der Waals surface area contributed by atoms with E-state index in [0.29, 0.717) is 11.7 Å². The van der Waals surface area contributed by atoms with Gasteiger partial charge in [0, 0.05) is 19.2 Å². The van der Waals surface area contributed by atoms with Gasteiger partial charge < -0.3 is 10.9 Å². The first kappa shape index (κ1) is 14.1. The standard InChI is InChI=1S/C12H20ClN5O/c1-8-9(11(13)17(2)15-8)7-18-6-4-3-5-10(18)12(14)16-19/h10,19H,3-7H2,1-2H3,(H2,14,16). The zero-order valence-electron chi connectivity index (χ0n) is 11.3. The Bertz CT molecular complexity index is 485. The van der Waals surface area contributed by atoms with E-state index in [0.717, 1.165) is 37.1 Å². The fourth-order valence-corrected chi connectivity index (χ4v) is 2.87. The lowest BCUT2D eigenvalue weighted by atomic mass is 10.0. The summed E-state index contributed by atoms with van der Waals surface area (Å²) in [6, 6.07) is -0.0191. The first-order valence-corrected chi connectivity index (χ1v) is 6.81. The molecule has 1 aliphatic rings. The fraction of sp³-hybridized carbons (Fsp3) is 0.667. The normalized spacial score (nSPS) is 21.8. The van der Waals surface area contributed by atoms with E-state index in [2.05, 4.69) is 15.2 Å². The third-order valence-corrected chi connectivity index (χ3v) is 4.17. The van der Waals surface area contributed by atoms with Gasteiger partial charge in [-0.15, -0.1) is 0 Å². The number of hydrogen-bond acceptors (Lipinski definition) is 4. The summed E-state index contributed by atoms with van der Waals surface area (Å²) >= 11 is 6.26. The van der Waals surface area contributed by atoms with Gasteiger partial charge in [0.15, 0.2) is 5.84 Å². The van der Waals surface area contributed by atoms with Crippen LogP contribution in [0.5, 0.6) is 0 Å². The van der Waals surface area contributed by atoms with Gasteiger partial charge in [0.25, 0.3) is 0 Å². The molecule has 0 radical (unpaired) electrons. The van der Waals surface area contributed by atoms with Crippen LogP contribution in [0, 0.1) is 6.92 Å². The van der Waals surface area contributed by atoms with Gasteiger partial charge >= 0.3 is 0 Å². The molecule has 1 aromatic rings. The zero-order chi connectivity index (χ0) is 14.0. The van der Waals surface area contributed by atoms with Crippen molar-refractivity contribution in [3.05, 3.63) is 16.4 Å². The number of aryl methyl sites for hydroxylation is 2. The highest BCUT2D eigenvalue weighted by Crippen LogP contribution is 2.25. The van der Waals surface area contributed by atoms with Crippen molar-refractivity contribution in [1.29, 1.82) is 0 Å². The first-order chi connectivity index (χ1) is 9.04. The fourth-order valence-electron chi connectivity index (χ4n) is 2.64. The first-order valence-electron chi connectivity index (χ1n) is 6.44. The summed E-state index contributed by atoms with van der Waals surface area (Å²) in [6.45, 7) is 3.55. The van der Waals surface area contributed by atoms with Crippen molar-refractivity contribution in [1.82, 2.24) is 14.7 Å². The third kappa shape index (κ3) is 2.84. The Hall–Kier alpha value is -1.27. The SMILES string of the molecule is Cc1nn(C)c(Cl)c1CN1CCCCC1C(N)=NO. The minimum absolute atomic E-state index is 0.0191. The van der Waals surface area contributed by atoms with E-state index in [4.69, 9.17) is 22.5 Å². The van der Waals surface area contributed by atoms with Crippen molar-refractivity contribution in [2.75, 3.05) is 6.54 Å². The molecule has 0 aliphatic carbocycles. The van der Waals surface area contributed by atoms with Gasteiger partial charge in [-0.3, -0.25) is 9.58 Å². The highest BCUT2D eigenvalue weighted by Gasteiger charge is 2.27. The smallest absolute Gasteiger partial charge is 0.156 e. The number of likely N-dealkylation sites (tertiary alicyclic amines) is 1. The Kier molecular flexibility index (Phi) is 4.31. The summed E-state index contributed by atoms with van der Waals surface area (Å²) in [7, 11) is 1.83. The predicted molar refractivity (Wildman–Crippen MR) is 74.4 cm³/mol. The zero-order valence-corrected chi connectivity index (χ0v) is 12.1. The number of oxime groups is 1. The van der Waals surface area contributed by atoms with Crippen LogP contribution in [0.15, 0.2) is 5.16 Å². The van der Waals surface area contributed by atoms with Crippen LogP contribution in [0.25, 0.3) is 0 Å². The highest BCUT2D eigenvalue weighted by molar-refractivity contribution is 6.30. The van der Waals surface area contributed by atoms with Crippen molar-refractivity contribution in [3.8, 4) is 0 Å². The van der Waals surface area contributed by atoms with Gasteiger partial charge in [-0.05, 0) is 26.3 Å². The van der Waals surface area contributed by atoms with Gasteiger partial charge in [-0.25, -0.2) is 0 Å². The molecular weight excluding hydrogens is 266 g/mol. The Morgan fingerprint density at radius 2 is 2.32 bits per heavy atom. The summed E-state index contributed by atoms with van der Waals surface area (Å²) < 4.78 is 1.68. The molecule has 0 aromatic carbocycles. The highest BCUT2D eigenvalue weighted by atomic mass is 35.5. The van der Waals surface area contributed by atoms with Crippen molar-refractivity contribution >= 4 is 17.4 Å². The van der Waals surface area contributed by atoms with E-state index >= 15 is 0 Å². The summed E-state index contributed by atoms with van der Waals surface area (Å²) in [5.74, 6) is 0.275. The number of nitrogens with zero attached hydrogens (tertiary/aromatic N) is 4. The minimum Gasteiger partial charge on any atom is -0.409 e. The van der Waals surface area contributed by atoms with Crippen LogP contribution in [-0.4, -0.2) is 38.3 Å². The molecule has 3 N–H and O–H groups in total. The Morgan fingerprint density at radius 3 is 2.89 bits per heavy atom. The minimum atomic E-state index is -0.0191. The van der Waals surface area contributed by atoms with Crippen LogP contribution < -0.4 is 5.73 Å². The van der Waals surface area contributed by atoms with Crippen molar-refractivity contribution in [2.45, 2.75) is 38.8 Å².